The number of hydrogen-bond donors (Lipinski definition) is 1. The molecule has 0 unspecified atom stereocenters. The van der Waals surface area contributed by atoms with Crippen LogP contribution >= 0.6 is 11.6 Å². The minimum atomic E-state index is 0.0892. The van der Waals surface area contributed by atoms with Gasteiger partial charge in [-0.25, -0.2) is 0 Å². The van der Waals surface area contributed by atoms with E-state index in [1.165, 1.54) is 5.56 Å². The van der Waals surface area contributed by atoms with Crippen molar-refractivity contribution in [2.45, 2.75) is 46.3 Å². The standard InChI is InChI=1S/C17H23ClN2O2/c1-12(2)22-17-10-16(5-4-8-21)20(19-17)11-14-6-7-15(18)9-13(14)3/h6-7,9-10,12,21H,4-5,8,11H2,1-3H3. The zero-order valence-electron chi connectivity index (χ0n) is 13.3. The van der Waals surface area contributed by atoms with Crippen molar-refractivity contribution >= 4 is 11.6 Å². The molecular formula is C17H23ClN2O2. The fourth-order valence-electron chi connectivity index (χ4n) is 2.32. The molecule has 0 spiro atoms. The number of aliphatic hydroxyl groups excluding tert-OH is 1. The summed E-state index contributed by atoms with van der Waals surface area (Å²) in [6, 6.07) is 7.84. The Morgan fingerprint density at radius 1 is 1.32 bits per heavy atom. The van der Waals surface area contributed by atoms with Gasteiger partial charge in [-0.15, -0.1) is 5.10 Å². The lowest BCUT2D eigenvalue weighted by Crippen LogP contribution is -2.09. The maximum Gasteiger partial charge on any atom is 0.233 e. The molecule has 1 aromatic carbocycles. The second-order valence-electron chi connectivity index (χ2n) is 5.70. The molecule has 0 radical (unpaired) electrons. The highest BCUT2D eigenvalue weighted by atomic mass is 35.5. The van der Waals surface area contributed by atoms with E-state index in [1.807, 2.05) is 49.7 Å². The van der Waals surface area contributed by atoms with Gasteiger partial charge in [0.1, 0.15) is 0 Å². The smallest absolute Gasteiger partial charge is 0.233 e. The van der Waals surface area contributed by atoms with Crippen molar-refractivity contribution in [3.8, 4) is 5.88 Å². The molecule has 0 aliphatic rings. The van der Waals surface area contributed by atoms with E-state index in [9.17, 15) is 0 Å². The van der Waals surface area contributed by atoms with Crippen LogP contribution in [0, 0.1) is 6.92 Å². The Bertz CT molecular complexity index is 623. The van der Waals surface area contributed by atoms with Crippen molar-refractivity contribution in [2.24, 2.45) is 0 Å². The van der Waals surface area contributed by atoms with Gasteiger partial charge in [0.05, 0.1) is 12.6 Å². The SMILES string of the molecule is Cc1cc(Cl)ccc1Cn1nc(OC(C)C)cc1CCCO. The number of nitrogens with zero attached hydrogens (tertiary/aromatic N) is 2. The van der Waals surface area contributed by atoms with Gasteiger partial charge >= 0.3 is 0 Å². The van der Waals surface area contributed by atoms with Gasteiger partial charge in [-0.3, -0.25) is 4.68 Å². The molecule has 2 rings (SSSR count). The first-order valence-electron chi connectivity index (χ1n) is 7.59. The van der Waals surface area contributed by atoms with E-state index in [1.54, 1.807) is 0 Å². The van der Waals surface area contributed by atoms with Crippen molar-refractivity contribution in [3.05, 3.63) is 46.1 Å². The number of benzene rings is 1. The van der Waals surface area contributed by atoms with Crippen molar-refractivity contribution in [2.75, 3.05) is 6.61 Å². The van der Waals surface area contributed by atoms with E-state index in [0.717, 1.165) is 22.7 Å². The molecule has 0 aliphatic carbocycles. The molecular weight excluding hydrogens is 300 g/mol. The highest BCUT2D eigenvalue weighted by Crippen LogP contribution is 2.20. The Hall–Kier alpha value is -1.52. The molecule has 0 bridgehead atoms. The molecule has 0 saturated heterocycles. The molecule has 2 aromatic rings. The Labute approximate surface area is 136 Å². The minimum absolute atomic E-state index is 0.0892. The average Bonchev–Trinajstić information content (AvgIpc) is 2.80. The Morgan fingerprint density at radius 2 is 2.09 bits per heavy atom. The molecule has 1 aromatic heterocycles. The highest BCUT2D eigenvalue weighted by Gasteiger charge is 2.11. The van der Waals surface area contributed by atoms with Crippen molar-refractivity contribution < 1.29 is 9.84 Å². The molecule has 0 atom stereocenters. The Morgan fingerprint density at radius 3 is 2.73 bits per heavy atom. The number of rotatable bonds is 7. The van der Waals surface area contributed by atoms with Gasteiger partial charge in [-0.2, -0.15) is 0 Å². The Balaban J connectivity index is 2.24. The van der Waals surface area contributed by atoms with Crippen LogP contribution in [0.2, 0.25) is 5.02 Å². The lowest BCUT2D eigenvalue weighted by atomic mass is 10.1. The molecule has 4 nitrogen and oxygen atoms in total. The fourth-order valence-corrected chi connectivity index (χ4v) is 2.55. The number of hydrogen-bond acceptors (Lipinski definition) is 3. The first-order chi connectivity index (χ1) is 10.5. The highest BCUT2D eigenvalue weighted by molar-refractivity contribution is 6.30. The number of aliphatic hydroxyl groups is 1. The number of aryl methyl sites for hydroxylation is 2. The molecule has 120 valence electrons. The third-order valence-electron chi connectivity index (χ3n) is 3.41. The van der Waals surface area contributed by atoms with E-state index < -0.39 is 0 Å². The molecule has 1 heterocycles. The van der Waals surface area contributed by atoms with E-state index in [2.05, 4.69) is 5.10 Å². The van der Waals surface area contributed by atoms with Crippen LogP contribution in [0.1, 0.15) is 37.1 Å². The average molecular weight is 323 g/mol. The zero-order valence-corrected chi connectivity index (χ0v) is 14.1. The summed E-state index contributed by atoms with van der Waals surface area (Å²) in [4.78, 5) is 0. The lowest BCUT2D eigenvalue weighted by Gasteiger charge is -2.10. The van der Waals surface area contributed by atoms with Gasteiger partial charge in [-0.05, 0) is 56.9 Å². The summed E-state index contributed by atoms with van der Waals surface area (Å²) in [6.45, 7) is 6.85. The predicted octanol–water partition coefficient (Wildman–Crippen LogP) is 3.61. The quantitative estimate of drug-likeness (QED) is 0.847. The normalized spacial score (nSPS) is 11.2. The second-order valence-corrected chi connectivity index (χ2v) is 6.13. The summed E-state index contributed by atoms with van der Waals surface area (Å²) in [6.07, 6.45) is 1.58. The van der Waals surface area contributed by atoms with Gasteiger partial charge < -0.3 is 9.84 Å². The Kier molecular flexibility index (Phi) is 5.86. The third kappa shape index (κ3) is 4.49. The topological polar surface area (TPSA) is 47.3 Å². The van der Waals surface area contributed by atoms with E-state index >= 15 is 0 Å². The zero-order chi connectivity index (χ0) is 16.1. The summed E-state index contributed by atoms with van der Waals surface area (Å²) >= 11 is 6.01. The summed E-state index contributed by atoms with van der Waals surface area (Å²) < 4.78 is 7.64. The first kappa shape index (κ1) is 16.8. The predicted molar refractivity (Wildman–Crippen MR) is 88.7 cm³/mol. The maximum atomic E-state index is 9.06. The van der Waals surface area contributed by atoms with Crippen molar-refractivity contribution in [1.82, 2.24) is 9.78 Å². The van der Waals surface area contributed by atoms with Gasteiger partial charge in [-0.1, -0.05) is 17.7 Å². The number of halogens is 1. The van der Waals surface area contributed by atoms with E-state index in [4.69, 9.17) is 21.4 Å². The minimum Gasteiger partial charge on any atom is -0.474 e. The van der Waals surface area contributed by atoms with Crippen LogP contribution in [0.5, 0.6) is 5.88 Å². The molecule has 22 heavy (non-hydrogen) atoms. The van der Waals surface area contributed by atoms with Gasteiger partial charge in [0.2, 0.25) is 5.88 Å². The second kappa shape index (κ2) is 7.65. The fraction of sp³-hybridized carbons (Fsp3) is 0.471. The van der Waals surface area contributed by atoms with Crippen LogP contribution < -0.4 is 4.74 Å². The largest absolute Gasteiger partial charge is 0.474 e. The number of aromatic nitrogens is 2. The van der Waals surface area contributed by atoms with Crippen LogP contribution in [0.25, 0.3) is 0 Å². The van der Waals surface area contributed by atoms with Crippen LogP contribution in [0.3, 0.4) is 0 Å². The monoisotopic (exact) mass is 322 g/mol. The van der Waals surface area contributed by atoms with Crippen LogP contribution in [-0.4, -0.2) is 27.6 Å². The third-order valence-corrected chi connectivity index (χ3v) is 3.65. The first-order valence-corrected chi connectivity index (χ1v) is 7.96. The van der Waals surface area contributed by atoms with Crippen LogP contribution in [-0.2, 0) is 13.0 Å². The summed E-state index contributed by atoms with van der Waals surface area (Å²) in [7, 11) is 0. The summed E-state index contributed by atoms with van der Waals surface area (Å²) in [5, 5.41) is 14.3. The number of ether oxygens (including phenoxy) is 1. The van der Waals surface area contributed by atoms with Crippen LogP contribution in [0.15, 0.2) is 24.3 Å². The summed E-state index contributed by atoms with van der Waals surface area (Å²) in [5.74, 6) is 0.634. The molecule has 1 N–H and O–H groups in total. The van der Waals surface area contributed by atoms with Crippen molar-refractivity contribution in [1.29, 1.82) is 0 Å². The van der Waals surface area contributed by atoms with Gasteiger partial charge in [0.25, 0.3) is 0 Å². The maximum absolute atomic E-state index is 9.06. The molecule has 0 aliphatic heterocycles. The van der Waals surface area contributed by atoms with Gasteiger partial charge in [0.15, 0.2) is 0 Å². The molecule has 0 saturated carbocycles. The van der Waals surface area contributed by atoms with Crippen molar-refractivity contribution in [3.63, 3.8) is 0 Å². The summed E-state index contributed by atoms with van der Waals surface area (Å²) in [5.41, 5.74) is 3.38. The van der Waals surface area contributed by atoms with E-state index in [0.29, 0.717) is 18.8 Å². The lowest BCUT2D eigenvalue weighted by molar-refractivity contribution is 0.230. The van der Waals surface area contributed by atoms with Crippen LogP contribution in [0.4, 0.5) is 0 Å². The van der Waals surface area contributed by atoms with E-state index in [-0.39, 0.29) is 12.7 Å². The molecule has 0 amide bonds. The molecule has 0 fully saturated rings. The molecule has 5 heteroatoms. The van der Waals surface area contributed by atoms with Gasteiger partial charge in [0, 0.05) is 23.4 Å².